The lowest BCUT2D eigenvalue weighted by Gasteiger charge is -2.15. The molecule has 0 saturated carbocycles. The lowest BCUT2D eigenvalue weighted by Crippen LogP contribution is -2.42. The lowest BCUT2D eigenvalue weighted by atomic mass is 10.2. The molecule has 0 N–H and O–H groups in total. The number of ether oxygens (including phenoxy) is 1. The fourth-order valence-electron chi connectivity index (χ4n) is 4.11. The van der Waals surface area contributed by atoms with Crippen LogP contribution in [0.5, 0.6) is 0 Å². The maximum atomic E-state index is 13.7. The van der Waals surface area contributed by atoms with Gasteiger partial charge in [-0.25, -0.2) is 23.1 Å². The largest absolute Gasteiger partial charge is 0.376 e. The molecule has 0 radical (unpaired) electrons. The molecule has 0 spiro atoms. The highest BCUT2D eigenvalue weighted by molar-refractivity contribution is 6.30. The van der Waals surface area contributed by atoms with E-state index in [4.69, 9.17) is 16.3 Å². The second-order valence-electron chi connectivity index (χ2n) is 7.94. The first-order valence-electron chi connectivity index (χ1n) is 10.4. The van der Waals surface area contributed by atoms with Gasteiger partial charge in [-0.1, -0.05) is 17.7 Å². The Labute approximate surface area is 191 Å². The van der Waals surface area contributed by atoms with Crippen LogP contribution in [0.2, 0.25) is 5.02 Å². The standard InChI is InChI=1S/C23H19ClF2N4O3/c24-15-4-6-16(7-5-15)30-21-20(22(31)29(23(30)32)12-17-2-1-9-33-17)28(13-27-21)11-14-3-8-18(25)19(26)10-14/h3-8,10,13,17H,1-2,9,11-12H2/t17-/m1/s1. The fourth-order valence-corrected chi connectivity index (χ4v) is 4.24. The summed E-state index contributed by atoms with van der Waals surface area (Å²) >= 11 is 6.01. The smallest absolute Gasteiger partial charge is 0.337 e. The summed E-state index contributed by atoms with van der Waals surface area (Å²) in [4.78, 5) is 31.2. The first kappa shape index (κ1) is 21.5. The minimum atomic E-state index is -0.981. The average Bonchev–Trinajstić information content (AvgIpc) is 3.45. The van der Waals surface area contributed by atoms with Gasteiger partial charge in [0.1, 0.15) is 0 Å². The molecule has 1 atom stereocenters. The summed E-state index contributed by atoms with van der Waals surface area (Å²) in [5, 5.41) is 0.500. The molecule has 7 nitrogen and oxygen atoms in total. The third-order valence-electron chi connectivity index (χ3n) is 5.73. The third kappa shape index (κ3) is 3.98. The van der Waals surface area contributed by atoms with Crippen molar-refractivity contribution in [3.05, 3.63) is 91.9 Å². The lowest BCUT2D eigenvalue weighted by molar-refractivity contribution is 0.0950. The fraction of sp³-hybridized carbons (Fsp3) is 0.261. The van der Waals surface area contributed by atoms with Crippen LogP contribution >= 0.6 is 11.6 Å². The van der Waals surface area contributed by atoms with Crippen molar-refractivity contribution in [1.29, 1.82) is 0 Å². The number of fused-ring (bicyclic) bond motifs is 1. The molecule has 2 aromatic carbocycles. The van der Waals surface area contributed by atoms with Crippen molar-refractivity contribution >= 4 is 22.8 Å². The number of rotatable bonds is 5. The van der Waals surface area contributed by atoms with Gasteiger partial charge >= 0.3 is 5.69 Å². The molecule has 0 amide bonds. The average molecular weight is 473 g/mol. The monoisotopic (exact) mass is 472 g/mol. The molecule has 0 bridgehead atoms. The molecule has 3 heterocycles. The number of benzene rings is 2. The predicted octanol–water partition coefficient (Wildman–Crippen LogP) is 3.51. The molecular weight excluding hydrogens is 454 g/mol. The van der Waals surface area contributed by atoms with Crippen LogP contribution in [0.15, 0.2) is 58.4 Å². The number of aromatic nitrogens is 4. The predicted molar refractivity (Wildman–Crippen MR) is 119 cm³/mol. The van der Waals surface area contributed by atoms with Crippen LogP contribution in [-0.2, 0) is 17.8 Å². The number of imidazole rings is 1. The van der Waals surface area contributed by atoms with Crippen LogP contribution < -0.4 is 11.2 Å². The Morgan fingerprint density at radius 1 is 1.09 bits per heavy atom. The molecule has 1 aliphatic rings. The highest BCUT2D eigenvalue weighted by atomic mass is 35.5. The zero-order valence-electron chi connectivity index (χ0n) is 17.4. The van der Waals surface area contributed by atoms with Gasteiger partial charge in [-0.3, -0.25) is 9.36 Å². The summed E-state index contributed by atoms with van der Waals surface area (Å²) in [6, 6.07) is 10.2. The van der Waals surface area contributed by atoms with Crippen LogP contribution in [0, 0.1) is 11.6 Å². The van der Waals surface area contributed by atoms with E-state index in [9.17, 15) is 18.4 Å². The first-order valence-corrected chi connectivity index (χ1v) is 10.8. The van der Waals surface area contributed by atoms with Gasteiger partial charge in [0.2, 0.25) is 0 Å². The summed E-state index contributed by atoms with van der Waals surface area (Å²) < 4.78 is 36.8. The quantitative estimate of drug-likeness (QED) is 0.445. The molecule has 1 fully saturated rings. The van der Waals surface area contributed by atoms with E-state index in [2.05, 4.69) is 4.98 Å². The number of nitrogens with zero attached hydrogens (tertiary/aromatic N) is 4. The van der Waals surface area contributed by atoms with Gasteiger partial charge in [-0.15, -0.1) is 0 Å². The normalized spacial score (nSPS) is 16.0. The van der Waals surface area contributed by atoms with Gasteiger partial charge in [-0.2, -0.15) is 0 Å². The minimum absolute atomic E-state index is 0.0711. The SMILES string of the molecule is O=c1c2c(ncn2Cc2ccc(F)c(F)c2)n(-c2ccc(Cl)cc2)c(=O)n1C[C@H]1CCCO1. The van der Waals surface area contributed by atoms with Crippen LogP contribution in [-0.4, -0.2) is 31.4 Å². The second-order valence-corrected chi connectivity index (χ2v) is 8.37. The van der Waals surface area contributed by atoms with Crippen molar-refractivity contribution in [2.45, 2.75) is 32.0 Å². The van der Waals surface area contributed by atoms with Crippen LogP contribution in [0.1, 0.15) is 18.4 Å². The van der Waals surface area contributed by atoms with Crippen LogP contribution in [0.3, 0.4) is 0 Å². The molecular formula is C23H19ClF2N4O3. The zero-order chi connectivity index (χ0) is 23.1. The van der Waals surface area contributed by atoms with E-state index in [0.717, 1.165) is 29.5 Å². The van der Waals surface area contributed by atoms with Crippen molar-refractivity contribution in [2.24, 2.45) is 0 Å². The molecule has 4 aromatic rings. The van der Waals surface area contributed by atoms with E-state index in [-0.39, 0.29) is 30.4 Å². The summed E-state index contributed by atoms with van der Waals surface area (Å²) in [7, 11) is 0. The zero-order valence-corrected chi connectivity index (χ0v) is 18.1. The summed E-state index contributed by atoms with van der Waals surface area (Å²) in [5.74, 6) is -1.93. The van der Waals surface area contributed by atoms with Crippen molar-refractivity contribution in [2.75, 3.05) is 6.61 Å². The van der Waals surface area contributed by atoms with Crippen molar-refractivity contribution < 1.29 is 13.5 Å². The second kappa shape index (κ2) is 8.57. The van der Waals surface area contributed by atoms with Gasteiger partial charge in [0.05, 0.1) is 24.7 Å². The summed E-state index contributed by atoms with van der Waals surface area (Å²) in [6.07, 6.45) is 2.78. The molecule has 0 unspecified atom stereocenters. The van der Waals surface area contributed by atoms with Crippen molar-refractivity contribution in [3.8, 4) is 5.69 Å². The Kier molecular flexibility index (Phi) is 5.59. The molecule has 33 heavy (non-hydrogen) atoms. The van der Waals surface area contributed by atoms with E-state index in [1.54, 1.807) is 24.3 Å². The highest BCUT2D eigenvalue weighted by Gasteiger charge is 2.23. The summed E-state index contributed by atoms with van der Waals surface area (Å²) in [6.45, 7) is 0.764. The summed E-state index contributed by atoms with van der Waals surface area (Å²) in [5.41, 5.74) is 0.223. The van der Waals surface area contributed by atoms with Gasteiger partial charge in [0, 0.05) is 18.2 Å². The van der Waals surface area contributed by atoms with Crippen LogP contribution in [0.4, 0.5) is 8.78 Å². The number of hydrogen-bond donors (Lipinski definition) is 0. The molecule has 1 aliphatic heterocycles. The van der Waals surface area contributed by atoms with E-state index in [1.165, 1.54) is 21.5 Å². The third-order valence-corrected chi connectivity index (χ3v) is 5.98. The first-order chi connectivity index (χ1) is 15.9. The molecule has 1 saturated heterocycles. The minimum Gasteiger partial charge on any atom is -0.376 e. The Balaban J connectivity index is 1.71. The van der Waals surface area contributed by atoms with E-state index < -0.39 is 22.9 Å². The highest BCUT2D eigenvalue weighted by Crippen LogP contribution is 2.19. The van der Waals surface area contributed by atoms with Gasteiger partial charge in [0.25, 0.3) is 5.56 Å². The topological polar surface area (TPSA) is 71.0 Å². The Hall–Kier alpha value is -3.30. The van der Waals surface area contributed by atoms with Crippen molar-refractivity contribution in [3.63, 3.8) is 0 Å². The van der Waals surface area contributed by atoms with Crippen molar-refractivity contribution in [1.82, 2.24) is 18.7 Å². The van der Waals surface area contributed by atoms with E-state index in [1.807, 2.05) is 0 Å². The molecule has 10 heteroatoms. The van der Waals surface area contributed by atoms with Crippen LogP contribution in [0.25, 0.3) is 16.9 Å². The molecule has 5 rings (SSSR count). The van der Waals surface area contributed by atoms with E-state index in [0.29, 0.717) is 22.9 Å². The number of halogens is 3. The van der Waals surface area contributed by atoms with Gasteiger partial charge in [0.15, 0.2) is 22.8 Å². The van der Waals surface area contributed by atoms with Gasteiger partial charge in [-0.05, 0) is 54.8 Å². The molecule has 2 aromatic heterocycles. The Bertz CT molecular complexity index is 1450. The maximum absolute atomic E-state index is 13.7. The molecule has 0 aliphatic carbocycles. The van der Waals surface area contributed by atoms with Gasteiger partial charge < -0.3 is 9.30 Å². The Morgan fingerprint density at radius 3 is 2.58 bits per heavy atom. The Morgan fingerprint density at radius 2 is 1.88 bits per heavy atom. The maximum Gasteiger partial charge on any atom is 0.337 e. The number of hydrogen-bond acceptors (Lipinski definition) is 4. The molecule has 170 valence electrons. The van der Waals surface area contributed by atoms with E-state index >= 15 is 0 Å².